The molecule has 0 saturated carbocycles. The predicted octanol–water partition coefficient (Wildman–Crippen LogP) is 1.42. The Balaban J connectivity index is 1.86. The summed E-state index contributed by atoms with van der Waals surface area (Å²) in [5.74, 6) is 0. The molecule has 0 aliphatic carbocycles. The summed E-state index contributed by atoms with van der Waals surface area (Å²) in [7, 11) is 0. The van der Waals surface area contributed by atoms with Gasteiger partial charge in [-0.3, -0.25) is 4.90 Å². The van der Waals surface area contributed by atoms with E-state index >= 15 is 0 Å². The average Bonchev–Trinajstić information content (AvgIpc) is 2.73. The van der Waals surface area contributed by atoms with Crippen molar-refractivity contribution in [3.63, 3.8) is 0 Å². The van der Waals surface area contributed by atoms with E-state index in [9.17, 15) is 0 Å². The minimum atomic E-state index is 0.792. The molecule has 1 aliphatic rings. The standard InChI is InChI=1S/C13H17N3O/c14-11-1-2-13-12(7-11)10(9-17-13)8-16-5-3-15-4-6-16/h1-2,7,9,15H,3-6,8,14H2. The lowest BCUT2D eigenvalue weighted by Crippen LogP contribution is -2.42. The van der Waals surface area contributed by atoms with Crippen LogP contribution in [0.2, 0.25) is 0 Å². The van der Waals surface area contributed by atoms with Crippen LogP contribution in [0.3, 0.4) is 0 Å². The molecule has 1 aromatic carbocycles. The third kappa shape index (κ3) is 2.14. The van der Waals surface area contributed by atoms with Crippen LogP contribution in [-0.2, 0) is 6.54 Å². The molecule has 1 saturated heterocycles. The second-order valence-corrected chi connectivity index (χ2v) is 4.54. The lowest BCUT2D eigenvalue weighted by molar-refractivity contribution is 0.233. The van der Waals surface area contributed by atoms with Gasteiger partial charge in [0, 0.05) is 49.4 Å². The van der Waals surface area contributed by atoms with Crippen molar-refractivity contribution in [2.75, 3.05) is 31.9 Å². The Hall–Kier alpha value is -1.52. The molecule has 0 spiro atoms. The van der Waals surface area contributed by atoms with Gasteiger partial charge >= 0.3 is 0 Å². The number of nitrogens with two attached hydrogens (primary N) is 1. The number of nitrogens with one attached hydrogen (secondary N) is 1. The molecule has 4 heteroatoms. The Morgan fingerprint density at radius 1 is 1.29 bits per heavy atom. The van der Waals surface area contributed by atoms with Gasteiger partial charge in [-0.2, -0.15) is 0 Å². The lowest BCUT2D eigenvalue weighted by Gasteiger charge is -2.26. The van der Waals surface area contributed by atoms with Crippen molar-refractivity contribution >= 4 is 16.7 Å². The van der Waals surface area contributed by atoms with Gasteiger partial charge in [-0.1, -0.05) is 0 Å². The molecule has 0 radical (unpaired) electrons. The number of rotatable bonds is 2. The molecular weight excluding hydrogens is 214 g/mol. The van der Waals surface area contributed by atoms with E-state index in [4.69, 9.17) is 10.2 Å². The SMILES string of the molecule is Nc1ccc2occ(CN3CCNCC3)c2c1. The summed E-state index contributed by atoms with van der Waals surface area (Å²) < 4.78 is 5.55. The Bertz CT molecular complexity index is 514. The Morgan fingerprint density at radius 2 is 2.12 bits per heavy atom. The van der Waals surface area contributed by atoms with E-state index in [1.807, 2.05) is 24.5 Å². The van der Waals surface area contributed by atoms with Gasteiger partial charge in [0.25, 0.3) is 0 Å². The topological polar surface area (TPSA) is 54.4 Å². The van der Waals surface area contributed by atoms with E-state index in [0.29, 0.717) is 0 Å². The molecule has 90 valence electrons. The number of nitrogens with zero attached hydrogens (tertiary/aromatic N) is 1. The first-order valence-corrected chi connectivity index (χ1v) is 6.01. The highest BCUT2D eigenvalue weighted by molar-refractivity contribution is 5.84. The molecule has 3 rings (SSSR count). The number of furan rings is 1. The highest BCUT2D eigenvalue weighted by atomic mass is 16.3. The molecule has 1 fully saturated rings. The molecule has 4 nitrogen and oxygen atoms in total. The fraction of sp³-hybridized carbons (Fsp3) is 0.385. The third-order valence-electron chi connectivity index (χ3n) is 3.28. The molecule has 1 aromatic heterocycles. The number of anilines is 1. The third-order valence-corrected chi connectivity index (χ3v) is 3.28. The van der Waals surface area contributed by atoms with Gasteiger partial charge in [0.15, 0.2) is 0 Å². The Labute approximate surface area is 100 Å². The number of hydrogen-bond acceptors (Lipinski definition) is 4. The van der Waals surface area contributed by atoms with Gasteiger partial charge in [-0.05, 0) is 18.2 Å². The fourth-order valence-electron chi connectivity index (χ4n) is 2.33. The van der Waals surface area contributed by atoms with Gasteiger partial charge in [0.2, 0.25) is 0 Å². The first kappa shape index (κ1) is 10.6. The molecule has 3 N–H and O–H groups in total. The van der Waals surface area contributed by atoms with E-state index in [1.165, 1.54) is 5.56 Å². The van der Waals surface area contributed by atoms with E-state index in [2.05, 4.69) is 10.2 Å². The minimum Gasteiger partial charge on any atom is -0.464 e. The predicted molar refractivity (Wildman–Crippen MR) is 68.8 cm³/mol. The monoisotopic (exact) mass is 231 g/mol. The quantitative estimate of drug-likeness (QED) is 0.768. The summed E-state index contributed by atoms with van der Waals surface area (Å²) >= 11 is 0. The number of hydrogen-bond donors (Lipinski definition) is 2. The molecule has 1 aliphatic heterocycles. The van der Waals surface area contributed by atoms with Crippen LogP contribution in [0.5, 0.6) is 0 Å². The van der Waals surface area contributed by atoms with Crippen molar-refractivity contribution in [3.8, 4) is 0 Å². The Kier molecular flexibility index (Phi) is 2.74. The highest BCUT2D eigenvalue weighted by Crippen LogP contribution is 2.24. The largest absolute Gasteiger partial charge is 0.464 e. The van der Waals surface area contributed by atoms with Crippen molar-refractivity contribution in [3.05, 3.63) is 30.0 Å². The molecule has 2 aromatic rings. The van der Waals surface area contributed by atoms with Crippen LogP contribution in [0.4, 0.5) is 5.69 Å². The van der Waals surface area contributed by atoms with E-state index in [0.717, 1.165) is 49.4 Å². The van der Waals surface area contributed by atoms with Crippen LogP contribution in [0, 0.1) is 0 Å². The number of benzene rings is 1. The number of fused-ring (bicyclic) bond motifs is 1. The van der Waals surface area contributed by atoms with Gasteiger partial charge < -0.3 is 15.5 Å². The molecular formula is C13H17N3O. The van der Waals surface area contributed by atoms with Gasteiger partial charge in [0.05, 0.1) is 6.26 Å². The van der Waals surface area contributed by atoms with Crippen molar-refractivity contribution < 1.29 is 4.42 Å². The van der Waals surface area contributed by atoms with Crippen LogP contribution in [0.1, 0.15) is 5.56 Å². The van der Waals surface area contributed by atoms with Crippen molar-refractivity contribution in [1.82, 2.24) is 10.2 Å². The maximum absolute atomic E-state index is 5.82. The summed E-state index contributed by atoms with van der Waals surface area (Å²) in [6.07, 6.45) is 1.85. The highest BCUT2D eigenvalue weighted by Gasteiger charge is 2.13. The molecule has 0 atom stereocenters. The van der Waals surface area contributed by atoms with E-state index < -0.39 is 0 Å². The van der Waals surface area contributed by atoms with Gasteiger partial charge in [0.1, 0.15) is 5.58 Å². The summed E-state index contributed by atoms with van der Waals surface area (Å²) in [6.45, 7) is 5.26. The van der Waals surface area contributed by atoms with Crippen LogP contribution in [0.15, 0.2) is 28.9 Å². The maximum Gasteiger partial charge on any atom is 0.134 e. The molecule has 0 amide bonds. The minimum absolute atomic E-state index is 0.792. The van der Waals surface area contributed by atoms with Crippen molar-refractivity contribution in [1.29, 1.82) is 0 Å². The molecule has 0 unspecified atom stereocenters. The zero-order valence-corrected chi connectivity index (χ0v) is 9.78. The summed E-state index contributed by atoms with van der Waals surface area (Å²) in [6, 6.07) is 5.81. The zero-order valence-electron chi connectivity index (χ0n) is 9.78. The summed E-state index contributed by atoms with van der Waals surface area (Å²) in [5.41, 5.74) is 8.76. The fourth-order valence-corrected chi connectivity index (χ4v) is 2.33. The number of piperazine rings is 1. The van der Waals surface area contributed by atoms with Crippen LogP contribution < -0.4 is 11.1 Å². The molecule has 17 heavy (non-hydrogen) atoms. The normalized spacial score (nSPS) is 17.6. The molecule has 0 bridgehead atoms. The van der Waals surface area contributed by atoms with Crippen molar-refractivity contribution in [2.45, 2.75) is 6.54 Å². The smallest absolute Gasteiger partial charge is 0.134 e. The first-order chi connectivity index (χ1) is 8.33. The van der Waals surface area contributed by atoms with Gasteiger partial charge in [-0.15, -0.1) is 0 Å². The van der Waals surface area contributed by atoms with Crippen molar-refractivity contribution in [2.24, 2.45) is 0 Å². The van der Waals surface area contributed by atoms with Crippen LogP contribution in [-0.4, -0.2) is 31.1 Å². The second-order valence-electron chi connectivity index (χ2n) is 4.54. The van der Waals surface area contributed by atoms with E-state index in [1.54, 1.807) is 0 Å². The van der Waals surface area contributed by atoms with Gasteiger partial charge in [-0.25, -0.2) is 0 Å². The second kappa shape index (κ2) is 4.39. The zero-order chi connectivity index (χ0) is 11.7. The first-order valence-electron chi connectivity index (χ1n) is 6.01. The maximum atomic E-state index is 5.82. The van der Waals surface area contributed by atoms with Crippen LogP contribution in [0.25, 0.3) is 11.0 Å². The van der Waals surface area contributed by atoms with Crippen LogP contribution >= 0.6 is 0 Å². The Morgan fingerprint density at radius 3 is 2.94 bits per heavy atom. The average molecular weight is 231 g/mol. The number of nitrogen functional groups attached to an aromatic ring is 1. The molecule has 2 heterocycles. The summed E-state index contributed by atoms with van der Waals surface area (Å²) in [5, 5.41) is 4.50. The summed E-state index contributed by atoms with van der Waals surface area (Å²) in [4.78, 5) is 2.43. The van der Waals surface area contributed by atoms with E-state index in [-0.39, 0.29) is 0 Å². The lowest BCUT2D eigenvalue weighted by atomic mass is 10.1.